The van der Waals surface area contributed by atoms with E-state index in [0.717, 1.165) is 25.0 Å². The summed E-state index contributed by atoms with van der Waals surface area (Å²) in [7, 11) is 0. The summed E-state index contributed by atoms with van der Waals surface area (Å²) in [5.41, 5.74) is -0.257. The van der Waals surface area contributed by atoms with Gasteiger partial charge in [0.15, 0.2) is 11.5 Å². The monoisotopic (exact) mass is 349 g/mol. The molecule has 2 rings (SSSR count). The largest absolute Gasteiger partial charge is 0.490 e. The molecular weight excluding hydrogens is 328 g/mol. The van der Waals surface area contributed by atoms with Gasteiger partial charge in [0.05, 0.1) is 13.2 Å². The standard InChI is InChI=1S/C19H21F2NO3/c1-3-10-24-16-9-8-13(12-17(16)25-11-4-2)22-19(23)18-14(20)6-5-7-15(18)21/h5-9,12H,3-4,10-11H2,1-2H3,(H,22,23). The van der Waals surface area contributed by atoms with Gasteiger partial charge >= 0.3 is 0 Å². The molecule has 0 aliphatic carbocycles. The first-order valence-electron chi connectivity index (χ1n) is 8.21. The normalized spacial score (nSPS) is 10.4. The summed E-state index contributed by atoms with van der Waals surface area (Å²) < 4.78 is 38.7. The lowest BCUT2D eigenvalue weighted by Crippen LogP contribution is -2.16. The molecule has 2 aromatic carbocycles. The van der Waals surface area contributed by atoms with Gasteiger partial charge in [-0.15, -0.1) is 0 Å². The highest BCUT2D eigenvalue weighted by molar-refractivity contribution is 6.04. The van der Waals surface area contributed by atoms with Crippen LogP contribution >= 0.6 is 0 Å². The Bertz CT molecular complexity index is 714. The predicted octanol–water partition coefficient (Wildman–Crippen LogP) is 4.79. The van der Waals surface area contributed by atoms with Gasteiger partial charge in [-0.1, -0.05) is 19.9 Å². The van der Waals surface area contributed by atoms with Crippen LogP contribution in [0.4, 0.5) is 14.5 Å². The highest BCUT2D eigenvalue weighted by atomic mass is 19.1. The van der Waals surface area contributed by atoms with Crippen LogP contribution in [0.5, 0.6) is 11.5 Å². The number of hydrogen-bond acceptors (Lipinski definition) is 3. The lowest BCUT2D eigenvalue weighted by molar-refractivity contribution is 0.101. The summed E-state index contributed by atoms with van der Waals surface area (Å²) in [6.07, 6.45) is 1.66. The van der Waals surface area contributed by atoms with Crippen molar-refractivity contribution in [3.63, 3.8) is 0 Å². The van der Waals surface area contributed by atoms with E-state index in [4.69, 9.17) is 9.47 Å². The number of anilines is 1. The predicted molar refractivity (Wildman–Crippen MR) is 92.3 cm³/mol. The van der Waals surface area contributed by atoms with Crippen molar-refractivity contribution >= 4 is 11.6 Å². The zero-order valence-corrected chi connectivity index (χ0v) is 14.3. The molecule has 1 amide bonds. The van der Waals surface area contributed by atoms with Crippen LogP contribution in [0.2, 0.25) is 0 Å². The summed E-state index contributed by atoms with van der Waals surface area (Å²) in [6.45, 7) is 4.99. The second kappa shape index (κ2) is 9.01. The van der Waals surface area contributed by atoms with Crippen molar-refractivity contribution in [2.75, 3.05) is 18.5 Å². The number of nitrogens with one attached hydrogen (secondary N) is 1. The smallest absolute Gasteiger partial charge is 0.261 e. The van der Waals surface area contributed by atoms with Crippen molar-refractivity contribution in [2.45, 2.75) is 26.7 Å². The quantitative estimate of drug-likeness (QED) is 0.745. The van der Waals surface area contributed by atoms with E-state index in [9.17, 15) is 13.6 Å². The Morgan fingerprint density at radius 3 is 2.16 bits per heavy atom. The van der Waals surface area contributed by atoms with Gasteiger partial charge in [0.1, 0.15) is 17.2 Å². The van der Waals surface area contributed by atoms with Crippen molar-refractivity contribution in [3.8, 4) is 11.5 Å². The number of rotatable bonds is 8. The Balaban J connectivity index is 2.22. The third-order valence-electron chi connectivity index (χ3n) is 3.31. The van der Waals surface area contributed by atoms with Gasteiger partial charge in [0, 0.05) is 11.8 Å². The van der Waals surface area contributed by atoms with Crippen molar-refractivity contribution in [3.05, 3.63) is 53.6 Å². The van der Waals surface area contributed by atoms with Crippen molar-refractivity contribution in [1.29, 1.82) is 0 Å². The minimum Gasteiger partial charge on any atom is -0.490 e. The molecule has 1 N–H and O–H groups in total. The van der Waals surface area contributed by atoms with Crippen molar-refractivity contribution < 1.29 is 23.0 Å². The fraction of sp³-hybridized carbons (Fsp3) is 0.316. The van der Waals surface area contributed by atoms with Gasteiger partial charge in [-0.2, -0.15) is 0 Å². The molecule has 0 fully saturated rings. The van der Waals surface area contributed by atoms with E-state index in [1.54, 1.807) is 18.2 Å². The third-order valence-corrected chi connectivity index (χ3v) is 3.31. The molecule has 0 aliphatic heterocycles. The molecule has 0 aromatic heterocycles. The maximum atomic E-state index is 13.7. The SMILES string of the molecule is CCCOc1ccc(NC(=O)c2c(F)cccc2F)cc1OCCC. The molecule has 134 valence electrons. The number of amides is 1. The molecule has 6 heteroatoms. The number of carbonyl (C=O) groups is 1. The molecule has 25 heavy (non-hydrogen) atoms. The van der Waals surface area contributed by atoms with E-state index >= 15 is 0 Å². The van der Waals surface area contributed by atoms with E-state index in [1.165, 1.54) is 6.07 Å². The van der Waals surface area contributed by atoms with E-state index in [2.05, 4.69) is 5.32 Å². The molecule has 0 aliphatic rings. The average Bonchev–Trinajstić information content (AvgIpc) is 2.59. The Labute approximate surface area is 145 Å². The molecule has 0 saturated heterocycles. The second-order valence-electron chi connectivity index (χ2n) is 5.41. The summed E-state index contributed by atoms with van der Waals surface area (Å²) in [6, 6.07) is 8.12. The summed E-state index contributed by atoms with van der Waals surface area (Å²) in [4.78, 5) is 12.2. The minimum absolute atomic E-state index is 0.364. The maximum Gasteiger partial charge on any atom is 0.261 e. The molecule has 0 heterocycles. The van der Waals surface area contributed by atoms with E-state index in [1.807, 2.05) is 13.8 Å². The Hall–Kier alpha value is -2.63. The second-order valence-corrected chi connectivity index (χ2v) is 5.41. The van der Waals surface area contributed by atoms with Crippen LogP contribution in [0.3, 0.4) is 0 Å². The number of carbonyl (C=O) groups excluding carboxylic acids is 1. The van der Waals surface area contributed by atoms with Gasteiger partial charge in [-0.3, -0.25) is 4.79 Å². The highest BCUT2D eigenvalue weighted by Gasteiger charge is 2.18. The molecule has 0 radical (unpaired) electrons. The van der Waals surface area contributed by atoms with Crippen LogP contribution in [0.1, 0.15) is 37.0 Å². The number of hydrogen-bond donors (Lipinski definition) is 1. The zero-order chi connectivity index (χ0) is 18.2. The van der Waals surface area contributed by atoms with E-state index in [-0.39, 0.29) is 0 Å². The molecule has 2 aromatic rings. The number of benzene rings is 2. The maximum absolute atomic E-state index is 13.7. The Morgan fingerprint density at radius 1 is 0.960 bits per heavy atom. The summed E-state index contributed by atoms with van der Waals surface area (Å²) in [5.74, 6) is -1.66. The summed E-state index contributed by atoms with van der Waals surface area (Å²) >= 11 is 0. The molecule has 0 unspecified atom stereocenters. The van der Waals surface area contributed by atoms with Gasteiger partial charge < -0.3 is 14.8 Å². The van der Waals surface area contributed by atoms with Gasteiger partial charge in [0.2, 0.25) is 0 Å². The fourth-order valence-corrected chi connectivity index (χ4v) is 2.15. The zero-order valence-electron chi connectivity index (χ0n) is 14.3. The van der Waals surface area contributed by atoms with Gasteiger partial charge in [-0.25, -0.2) is 8.78 Å². The fourth-order valence-electron chi connectivity index (χ4n) is 2.15. The Morgan fingerprint density at radius 2 is 1.56 bits per heavy atom. The molecule has 0 spiro atoms. The van der Waals surface area contributed by atoms with Crippen molar-refractivity contribution in [2.24, 2.45) is 0 Å². The van der Waals surface area contributed by atoms with E-state index < -0.39 is 23.1 Å². The lowest BCUT2D eigenvalue weighted by atomic mass is 10.1. The minimum atomic E-state index is -0.914. The molecule has 4 nitrogen and oxygen atoms in total. The Kier molecular flexibility index (Phi) is 6.74. The molecular formula is C19H21F2NO3. The third kappa shape index (κ3) is 4.92. The van der Waals surface area contributed by atoms with E-state index in [0.29, 0.717) is 30.4 Å². The van der Waals surface area contributed by atoms with Crippen LogP contribution in [0, 0.1) is 11.6 Å². The van der Waals surface area contributed by atoms with Gasteiger partial charge in [-0.05, 0) is 37.1 Å². The topological polar surface area (TPSA) is 47.6 Å². The first-order chi connectivity index (χ1) is 12.1. The average molecular weight is 349 g/mol. The van der Waals surface area contributed by atoms with Crippen LogP contribution in [0.15, 0.2) is 36.4 Å². The van der Waals surface area contributed by atoms with Crippen LogP contribution in [0.25, 0.3) is 0 Å². The number of ether oxygens (including phenoxy) is 2. The molecule has 0 bridgehead atoms. The van der Waals surface area contributed by atoms with Crippen LogP contribution < -0.4 is 14.8 Å². The van der Waals surface area contributed by atoms with Gasteiger partial charge in [0.25, 0.3) is 5.91 Å². The van der Waals surface area contributed by atoms with Crippen LogP contribution in [-0.2, 0) is 0 Å². The van der Waals surface area contributed by atoms with Crippen LogP contribution in [-0.4, -0.2) is 19.1 Å². The first kappa shape index (κ1) is 18.7. The summed E-state index contributed by atoms with van der Waals surface area (Å²) in [5, 5.41) is 2.49. The molecule has 0 atom stereocenters. The highest BCUT2D eigenvalue weighted by Crippen LogP contribution is 2.31. The number of halogens is 2. The molecule has 0 saturated carbocycles. The first-order valence-corrected chi connectivity index (χ1v) is 8.21. The lowest BCUT2D eigenvalue weighted by Gasteiger charge is -2.14. The van der Waals surface area contributed by atoms with Crippen molar-refractivity contribution in [1.82, 2.24) is 0 Å².